The van der Waals surface area contributed by atoms with Crippen LogP contribution in [0.1, 0.15) is 6.42 Å². The van der Waals surface area contributed by atoms with Crippen LogP contribution in [0, 0.1) is 0 Å². The van der Waals surface area contributed by atoms with E-state index in [0.717, 1.165) is 0 Å². The summed E-state index contributed by atoms with van der Waals surface area (Å²) in [6, 6.07) is 8.94. The summed E-state index contributed by atoms with van der Waals surface area (Å²) in [5.41, 5.74) is 0.429. The highest BCUT2D eigenvalue weighted by Crippen LogP contribution is 2.11. The second kappa shape index (κ2) is 8.03. The third-order valence-corrected chi connectivity index (χ3v) is 4.71. The summed E-state index contributed by atoms with van der Waals surface area (Å²) in [6.07, 6.45) is 3.77. The number of rotatable bonds is 5. The number of hydrogen-bond acceptors (Lipinski definition) is 7. The third-order valence-electron chi connectivity index (χ3n) is 4.71. The zero-order valence-corrected chi connectivity index (χ0v) is 15.3. The predicted octanol–water partition coefficient (Wildman–Crippen LogP) is 0.864. The molecule has 0 aliphatic carbocycles. The Morgan fingerprint density at radius 2 is 1.82 bits per heavy atom. The molecule has 0 bridgehead atoms. The van der Waals surface area contributed by atoms with Gasteiger partial charge in [-0.1, -0.05) is 12.1 Å². The van der Waals surface area contributed by atoms with Gasteiger partial charge in [0.15, 0.2) is 0 Å². The Morgan fingerprint density at radius 3 is 2.61 bits per heavy atom. The first-order valence-electron chi connectivity index (χ1n) is 9.23. The van der Waals surface area contributed by atoms with E-state index in [2.05, 4.69) is 30.2 Å². The van der Waals surface area contributed by atoms with Gasteiger partial charge in [0.2, 0.25) is 17.8 Å². The predicted molar refractivity (Wildman–Crippen MR) is 106 cm³/mol. The first-order valence-corrected chi connectivity index (χ1v) is 9.23. The molecule has 0 saturated carbocycles. The number of carbonyl (C=O) groups excluding carboxylic acids is 1. The average molecular weight is 379 g/mol. The number of hydrogen-bond donors (Lipinski definition) is 2. The number of anilines is 2. The van der Waals surface area contributed by atoms with Crippen molar-refractivity contribution in [2.24, 2.45) is 0 Å². The van der Waals surface area contributed by atoms with Gasteiger partial charge in [-0.25, -0.2) is 15.0 Å². The van der Waals surface area contributed by atoms with Crippen molar-refractivity contribution in [1.82, 2.24) is 24.8 Å². The van der Waals surface area contributed by atoms with Crippen LogP contribution < -0.4 is 15.8 Å². The molecule has 0 spiro atoms. The van der Waals surface area contributed by atoms with Gasteiger partial charge in [0.25, 0.3) is 5.56 Å². The molecule has 28 heavy (non-hydrogen) atoms. The standard InChI is InChI=1S/C19H21N7O2/c27-16(25-10-12-26(13-11-25)19-21-7-3-8-22-19)6-9-20-18-23-15-5-2-1-4-14(15)17(28)24-18/h1-5,7-8H,6,9-13H2,(H2,20,23,24,28). The fraction of sp³-hybridized carbons (Fsp3) is 0.316. The van der Waals surface area contributed by atoms with Gasteiger partial charge < -0.3 is 15.1 Å². The molecule has 1 saturated heterocycles. The topological polar surface area (TPSA) is 107 Å². The van der Waals surface area contributed by atoms with Gasteiger partial charge in [-0.3, -0.25) is 14.6 Å². The lowest BCUT2D eigenvalue weighted by atomic mass is 10.2. The Bertz CT molecular complexity index is 1010. The normalized spacial score (nSPS) is 14.3. The summed E-state index contributed by atoms with van der Waals surface area (Å²) in [7, 11) is 0. The fourth-order valence-corrected chi connectivity index (χ4v) is 3.23. The molecule has 0 atom stereocenters. The average Bonchev–Trinajstić information content (AvgIpc) is 2.74. The maximum Gasteiger partial charge on any atom is 0.260 e. The minimum Gasteiger partial charge on any atom is -0.355 e. The number of nitrogens with one attached hydrogen (secondary N) is 2. The molecule has 1 amide bonds. The second-order valence-electron chi connectivity index (χ2n) is 6.53. The van der Waals surface area contributed by atoms with Crippen molar-refractivity contribution in [3.05, 3.63) is 53.1 Å². The summed E-state index contributed by atoms with van der Waals surface area (Å²) in [6.45, 7) is 3.11. The minimum atomic E-state index is -0.196. The highest BCUT2D eigenvalue weighted by atomic mass is 16.2. The van der Waals surface area contributed by atoms with Crippen molar-refractivity contribution in [3.8, 4) is 0 Å². The van der Waals surface area contributed by atoms with E-state index in [0.29, 0.717) is 61.9 Å². The van der Waals surface area contributed by atoms with Crippen LogP contribution in [0.4, 0.5) is 11.9 Å². The van der Waals surface area contributed by atoms with Crippen molar-refractivity contribution in [2.75, 3.05) is 42.9 Å². The number of benzene rings is 1. The quantitative estimate of drug-likeness (QED) is 0.677. The molecule has 1 aromatic carbocycles. The second-order valence-corrected chi connectivity index (χ2v) is 6.53. The van der Waals surface area contributed by atoms with Crippen molar-refractivity contribution in [2.45, 2.75) is 6.42 Å². The van der Waals surface area contributed by atoms with Crippen LogP contribution in [0.15, 0.2) is 47.5 Å². The molecule has 144 valence electrons. The van der Waals surface area contributed by atoms with Gasteiger partial charge in [0, 0.05) is 51.5 Å². The summed E-state index contributed by atoms with van der Waals surface area (Å²) < 4.78 is 0. The smallest absolute Gasteiger partial charge is 0.260 e. The summed E-state index contributed by atoms with van der Waals surface area (Å²) in [5, 5.41) is 3.58. The molecule has 1 aliphatic rings. The van der Waals surface area contributed by atoms with Crippen LogP contribution in [0.25, 0.3) is 10.9 Å². The van der Waals surface area contributed by atoms with Gasteiger partial charge in [-0.05, 0) is 18.2 Å². The molecule has 3 aromatic rings. The van der Waals surface area contributed by atoms with E-state index in [4.69, 9.17) is 0 Å². The number of carbonyl (C=O) groups is 1. The van der Waals surface area contributed by atoms with E-state index in [1.807, 2.05) is 11.0 Å². The molecule has 2 N–H and O–H groups in total. The van der Waals surface area contributed by atoms with E-state index >= 15 is 0 Å². The summed E-state index contributed by atoms with van der Waals surface area (Å²) in [5.74, 6) is 1.15. The number of piperazine rings is 1. The zero-order valence-electron chi connectivity index (χ0n) is 15.3. The monoisotopic (exact) mass is 379 g/mol. The fourth-order valence-electron chi connectivity index (χ4n) is 3.23. The van der Waals surface area contributed by atoms with Crippen LogP contribution in [0.2, 0.25) is 0 Å². The summed E-state index contributed by atoms with van der Waals surface area (Å²) in [4.78, 5) is 44.0. The lowest BCUT2D eigenvalue weighted by Gasteiger charge is -2.34. The Balaban J connectivity index is 1.28. The maximum atomic E-state index is 12.5. The number of aromatic nitrogens is 4. The highest BCUT2D eigenvalue weighted by Gasteiger charge is 2.22. The molecule has 9 heteroatoms. The lowest BCUT2D eigenvalue weighted by molar-refractivity contribution is -0.131. The van der Waals surface area contributed by atoms with Crippen molar-refractivity contribution < 1.29 is 4.79 Å². The molecule has 0 radical (unpaired) electrons. The van der Waals surface area contributed by atoms with Crippen molar-refractivity contribution >= 4 is 28.7 Å². The van der Waals surface area contributed by atoms with E-state index in [1.165, 1.54) is 0 Å². The molecule has 9 nitrogen and oxygen atoms in total. The molecule has 1 fully saturated rings. The third kappa shape index (κ3) is 3.93. The van der Waals surface area contributed by atoms with Crippen molar-refractivity contribution in [3.63, 3.8) is 0 Å². The van der Waals surface area contributed by atoms with Gasteiger partial charge in [-0.15, -0.1) is 0 Å². The van der Waals surface area contributed by atoms with Gasteiger partial charge in [-0.2, -0.15) is 0 Å². The first kappa shape index (κ1) is 17.9. The molecule has 4 rings (SSSR count). The van der Waals surface area contributed by atoms with Gasteiger partial charge in [0.05, 0.1) is 10.9 Å². The maximum absolute atomic E-state index is 12.5. The molecule has 2 aromatic heterocycles. The van der Waals surface area contributed by atoms with E-state index in [1.54, 1.807) is 36.7 Å². The first-order chi connectivity index (χ1) is 13.7. The zero-order chi connectivity index (χ0) is 19.3. The Labute approximate surface area is 161 Å². The van der Waals surface area contributed by atoms with E-state index in [-0.39, 0.29) is 11.5 Å². The Hall–Kier alpha value is -3.49. The van der Waals surface area contributed by atoms with Crippen LogP contribution in [0.3, 0.4) is 0 Å². The van der Waals surface area contributed by atoms with Gasteiger partial charge in [0.1, 0.15) is 0 Å². The Morgan fingerprint density at radius 1 is 1.07 bits per heavy atom. The van der Waals surface area contributed by atoms with Gasteiger partial charge >= 0.3 is 0 Å². The van der Waals surface area contributed by atoms with Crippen molar-refractivity contribution in [1.29, 1.82) is 0 Å². The molecule has 0 unspecified atom stereocenters. The number of aromatic amines is 1. The highest BCUT2D eigenvalue weighted by molar-refractivity contribution is 5.79. The van der Waals surface area contributed by atoms with Crippen LogP contribution in [0.5, 0.6) is 0 Å². The summed E-state index contributed by atoms with van der Waals surface area (Å²) >= 11 is 0. The molecule has 1 aliphatic heterocycles. The molecule has 3 heterocycles. The number of nitrogens with zero attached hydrogens (tertiary/aromatic N) is 5. The van der Waals surface area contributed by atoms with E-state index < -0.39 is 0 Å². The van der Waals surface area contributed by atoms with Crippen LogP contribution >= 0.6 is 0 Å². The molecular weight excluding hydrogens is 358 g/mol. The SMILES string of the molecule is O=C(CCNc1nc2ccccc2c(=O)[nH]1)N1CCN(c2ncccn2)CC1. The largest absolute Gasteiger partial charge is 0.355 e. The minimum absolute atomic E-state index is 0.0734. The number of fused-ring (bicyclic) bond motifs is 1. The molecular formula is C19H21N7O2. The number of para-hydroxylation sites is 1. The van der Waals surface area contributed by atoms with E-state index in [9.17, 15) is 9.59 Å². The lowest BCUT2D eigenvalue weighted by Crippen LogP contribution is -2.49. The number of H-pyrrole nitrogens is 1. The Kier molecular flexibility index (Phi) is 5.14. The number of amides is 1. The van der Waals surface area contributed by atoms with Crippen LogP contribution in [-0.2, 0) is 4.79 Å². The van der Waals surface area contributed by atoms with Crippen LogP contribution in [-0.4, -0.2) is 63.5 Å².